The molecule has 2 N–H and O–H groups in total. The first kappa shape index (κ1) is 16.1. The van der Waals surface area contributed by atoms with E-state index in [-0.39, 0.29) is 6.03 Å². The van der Waals surface area contributed by atoms with Gasteiger partial charge in [0.2, 0.25) is 0 Å². The van der Waals surface area contributed by atoms with Crippen molar-refractivity contribution in [1.29, 1.82) is 0 Å². The Bertz CT molecular complexity index is 842. The summed E-state index contributed by atoms with van der Waals surface area (Å²) in [5.41, 5.74) is 2.31. The van der Waals surface area contributed by atoms with Crippen LogP contribution in [0, 0.1) is 6.92 Å². The number of anilines is 1. The number of carbonyl (C=O) groups excluding carboxylic acids is 1. The number of nitrogens with one attached hydrogen (secondary N) is 2. The number of thiazole rings is 1. The summed E-state index contributed by atoms with van der Waals surface area (Å²) in [4.78, 5) is 16.5. The summed E-state index contributed by atoms with van der Waals surface area (Å²) in [6, 6.07) is 7.08. The van der Waals surface area contributed by atoms with Gasteiger partial charge < -0.3 is 10.6 Å². The molecule has 0 unspecified atom stereocenters. The van der Waals surface area contributed by atoms with E-state index in [1.807, 2.05) is 43.5 Å². The van der Waals surface area contributed by atoms with Crippen molar-refractivity contribution in [3.05, 3.63) is 46.2 Å². The molecule has 1 aromatic carbocycles. The molecule has 0 saturated heterocycles. The van der Waals surface area contributed by atoms with E-state index in [9.17, 15) is 4.79 Å². The second kappa shape index (κ2) is 7.18. The van der Waals surface area contributed by atoms with Gasteiger partial charge in [-0.2, -0.15) is 4.68 Å². The molecule has 9 heteroatoms. The number of hydrogen-bond acceptors (Lipinski definition) is 6. The van der Waals surface area contributed by atoms with Gasteiger partial charge in [-0.1, -0.05) is 19.1 Å². The van der Waals surface area contributed by atoms with Crippen molar-refractivity contribution in [1.82, 2.24) is 30.5 Å². The van der Waals surface area contributed by atoms with Crippen LogP contribution in [0.3, 0.4) is 0 Å². The Morgan fingerprint density at radius 1 is 1.33 bits per heavy atom. The highest BCUT2D eigenvalue weighted by molar-refractivity contribution is 7.09. The van der Waals surface area contributed by atoms with Gasteiger partial charge in [0.1, 0.15) is 5.01 Å². The summed E-state index contributed by atoms with van der Waals surface area (Å²) in [5.74, 6) is 0.725. The number of aryl methyl sites for hydroxylation is 2. The molecule has 0 saturated carbocycles. The number of para-hydroxylation sites is 2. The molecular formula is C15H17N7OS. The van der Waals surface area contributed by atoms with Gasteiger partial charge in [0.05, 0.1) is 17.9 Å². The Morgan fingerprint density at radius 2 is 2.17 bits per heavy atom. The van der Waals surface area contributed by atoms with Gasteiger partial charge >= 0.3 is 6.03 Å². The molecule has 124 valence electrons. The lowest BCUT2D eigenvalue weighted by Gasteiger charge is -2.12. The highest BCUT2D eigenvalue weighted by Gasteiger charge is 2.12. The third kappa shape index (κ3) is 3.57. The van der Waals surface area contributed by atoms with Crippen LogP contribution in [-0.2, 0) is 13.0 Å². The van der Waals surface area contributed by atoms with Crippen molar-refractivity contribution in [2.75, 3.05) is 5.32 Å². The third-order valence-electron chi connectivity index (χ3n) is 3.30. The molecule has 0 aliphatic rings. The van der Waals surface area contributed by atoms with Gasteiger partial charge in [-0.3, -0.25) is 0 Å². The molecule has 0 bridgehead atoms. The van der Waals surface area contributed by atoms with Crippen molar-refractivity contribution >= 4 is 23.1 Å². The molecule has 2 amide bonds. The van der Waals surface area contributed by atoms with E-state index in [1.54, 1.807) is 4.68 Å². The topological polar surface area (TPSA) is 97.6 Å². The molecule has 0 aliphatic heterocycles. The van der Waals surface area contributed by atoms with E-state index >= 15 is 0 Å². The van der Waals surface area contributed by atoms with E-state index in [2.05, 4.69) is 31.1 Å². The average molecular weight is 343 g/mol. The monoisotopic (exact) mass is 343 g/mol. The Morgan fingerprint density at radius 3 is 2.92 bits per heavy atom. The fraction of sp³-hybridized carbons (Fsp3) is 0.267. The van der Waals surface area contributed by atoms with Gasteiger partial charge in [0, 0.05) is 17.5 Å². The molecule has 2 heterocycles. The lowest BCUT2D eigenvalue weighted by Crippen LogP contribution is -2.28. The van der Waals surface area contributed by atoms with Crippen molar-refractivity contribution in [3.63, 3.8) is 0 Å². The summed E-state index contributed by atoms with van der Waals surface area (Å²) >= 11 is 1.52. The second-order valence-electron chi connectivity index (χ2n) is 5.07. The molecule has 0 fully saturated rings. The van der Waals surface area contributed by atoms with Crippen molar-refractivity contribution < 1.29 is 4.79 Å². The van der Waals surface area contributed by atoms with Crippen LogP contribution in [0.2, 0.25) is 0 Å². The number of urea groups is 1. The van der Waals surface area contributed by atoms with E-state index < -0.39 is 0 Å². The lowest BCUT2D eigenvalue weighted by atomic mass is 10.2. The van der Waals surface area contributed by atoms with Crippen LogP contribution in [-0.4, -0.2) is 31.2 Å². The number of tetrazole rings is 1. The van der Waals surface area contributed by atoms with Gasteiger partial charge in [-0.15, -0.1) is 16.4 Å². The zero-order valence-electron chi connectivity index (χ0n) is 13.4. The summed E-state index contributed by atoms with van der Waals surface area (Å²) in [5, 5.41) is 20.1. The lowest BCUT2D eigenvalue weighted by molar-refractivity contribution is 0.251. The van der Waals surface area contributed by atoms with Crippen molar-refractivity contribution in [2.45, 2.75) is 26.8 Å². The summed E-state index contributed by atoms with van der Waals surface area (Å²) in [6.07, 6.45) is 0.691. The quantitative estimate of drug-likeness (QED) is 0.741. The maximum Gasteiger partial charge on any atom is 0.319 e. The highest BCUT2D eigenvalue weighted by atomic mass is 32.1. The van der Waals surface area contributed by atoms with E-state index in [0.717, 1.165) is 22.2 Å². The van der Waals surface area contributed by atoms with Gasteiger partial charge in [0.15, 0.2) is 5.82 Å². The first-order valence-electron chi connectivity index (χ1n) is 7.50. The molecule has 2 aromatic heterocycles. The molecule has 0 spiro atoms. The van der Waals surface area contributed by atoms with Crippen LogP contribution in [0.1, 0.15) is 23.4 Å². The van der Waals surface area contributed by atoms with Crippen LogP contribution in [0.25, 0.3) is 5.69 Å². The number of benzene rings is 1. The number of nitrogens with zero attached hydrogens (tertiary/aromatic N) is 5. The van der Waals surface area contributed by atoms with Gasteiger partial charge in [0.25, 0.3) is 0 Å². The van der Waals surface area contributed by atoms with Crippen LogP contribution < -0.4 is 10.6 Å². The zero-order chi connectivity index (χ0) is 16.9. The Balaban J connectivity index is 1.72. The Kier molecular flexibility index (Phi) is 4.80. The maximum atomic E-state index is 12.2. The molecule has 0 atom stereocenters. The number of hydrogen-bond donors (Lipinski definition) is 2. The number of aromatic nitrogens is 5. The third-order valence-corrected chi connectivity index (χ3v) is 4.26. The number of amides is 2. The zero-order valence-corrected chi connectivity index (χ0v) is 14.2. The first-order chi connectivity index (χ1) is 11.7. The Labute approximate surface area is 142 Å². The van der Waals surface area contributed by atoms with E-state index in [0.29, 0.717) is 18.7 Å². The molecule has 0 aliphatic carbocycles. The number of rotatable bonds is 5. The SMILES string of the molecule is CCc1nnnn1-c1ccccc1NC(=O)NCc1nc(C)cs1. The normalized spacial score (nSPS) is 10.6. The van der Waals surface area contributed by atoms with Crippen LogP contribution in [0.4, 0.5) is 10.5 Å². The first-order valence-corrected chi connectivity index (χ1v) is 8.38. The average Bonchev–Trinajstić information content (AvgIpc) is 3.22. The summed E-state index contributed by atoms with van der Waals surface area (Å²) in [6.45, 7) is 4.28. The van der Waals surface area contributed by atoms with Crippen LogP contribution >= 0.6 is 11.3 Å². The predicted molar refractivity (Wildman–Crippen MR) is 91.2 cm³/mol. The molecule has 3 aromatic rings. The van der Waals surface area contributed by atoms with E-state index in [4.69, 9.17) is 0 Å². The van der Waals surface area contributed by atoms with Crippen LogP contribution in [0.5, 0.6) is 0 Å². The van der Waals surface area contributed by atoms with Gasteiger partial charge in [-0.05, 0) is 29.5 Å². The van der Waals surface area contributed by atoms with Gasteiger partial charge in [-0.25, -0.2) is 9.78 Å². The standard InChI is InChI=1S/C15H17N7OS/c1-3-13-19-20-21-22(13)12-7-5-4-6-11(12)18-15(23)16-8-14-17-10(2)9-24-14/h4-7,9H,3,8H2,1-2H3,(H2,16,18,23). The number of carbonyl (C=O) groups is 1. The molecule has 3 rings (SSSR count). The smallest absolute Gasteiger partial charge is 0.319 e. The fourth-order valence-corrected chi connectivity index (χ4v) is 2.90. The van der Waals surface area contributed by atoms with Crippen molar-refractivity contribution in [3.8, 4) is 5.69 Å². The fourth-order valence-electron chi connectivity index (χ4n) is 2.18. The minimum Gasteiger partial charge on any atom is -0.331 e. The largest absolute Gasteiger partial charge is 0.331 e. The van der Waals surface area contributed by atoms with E-state index in [1.165, 1.54) is 11.3 Å². The maximum absolute atomic E-state index is 12.2. The Hall–Kier alpha value is -2.81. The molecule has 8 nitrogen and oxygen atoms in total. The van der Waals surface area contributed by atoms with Crippen molar-refractivity contribution in [2.24, 2.45) is 0 Å². The molecule has 0 radical (unpaired) electrons. The summed E-state index contributed by atoms with van der Waals surface area (Å²) in [7, 11) is 0. The highest BCUT2D eigenvalue weighted by Crippen LogP contribution is 2.20. The van der Waals surface area contributed by atoms with Crippen LogP contribution in [0.15, 0.2) is 29.6 Å². The second-order valence-corrected chi connectivity index (χ2v) is 6.01. The minimum atomic E-state index is -0.304. The predicted octanol–water partition coefficient (Wildman–Crippen LogP) is 2.31. The molecule has 24 heavy (non-hydrogen) atoms. The molecular weight excluding hydrogens is 326 g/mol. The minimum absolute atomic E-state index is 0.304. The summed E-state index contributed by atoms with van der Waals surface area (Å²) < 4.78 is 1.62.